The van der Waals surface area contributed by atoms with Crippen LogP contribution in [0.15, 0.2) is 48.5 Å². The van der Waals surface area contributed by atoms with E-state index in [1.807, 2.05) is 27.7 Å². The van der Waals surface area contributed by atoms with Gasteiger partial charge in [0.2, 0.25) is 0 Å². The number of hydrogen-bond donors (Lipinski definition) is 0. The van der Waals surface area contributed by atoms with Crippen LogP contribution in [0.3, 0.4) is 0 Å². The molecule has 0 radical (unpaired) electrons. The second-order valence-corrected chi connectivity index (χ2v) is 12.3. The Morgan fingerprint density at radius 2 is 0.897 bits per heavy atom. The van der Waals surface area contributed by atoms with E-state index < -0.39 is 40.5 Å². The van der Waals surface area contributed by atoms with Crippen LogP contribution in [0, 0.1) is 0 Å². The molecule has 2 aromatic carbocycles. The van der Waals surface area contributed by atoms with Crippen LogP contribution in [-0.2, 0) is 24.4 Å². The molecule has 2 rings (SSSR count). The predicted octanol–water partition coefficient (Wildman–Crippen LogP) is 7.74. The van der Waals surface area contributed by atoms with Crippen molar-refractivity contribution in [2.24, 2.45) is 0 Å². The Balaban J connectivity index is 2.49. The predicted molar refractivity (Wildman–Crippen MR) is 148 cm³/mol. The molecule has 0 spiro atoms. The minimum Gasteiger partial charge on any atom is -0.459 e. The minimum atomic E-state index is -1.17. The second-order valence-electron chi connectivity index (χ2n) is 12.3. The van der Waals surface area contributed by atoms with Crippen molar-refractivity contribution >= 4 is 18.3 Å². The SMILES string of the molecule is CCCC(C(=O)OC(C)(C)C)(c1ccc(OC(=O)OC(C)(C)C)cc1)c1ccc(OC(=O)OC(C)(C)C)cc1. The van der Waals surface area contributed by atoms with Gasteiger partial charge in [-0.1, -0.05) is 37.6 Å². The lowest BCUT2D eigenvalue weighted by Gasteiger charge is -2.35. The third-order valence-corrected chi connectivity index (χ3v) is 5.25. The Bertz CT molecular complexity index is 1050. The Labute approximate surface area is 231 Å². The molecule has 0 atom stereocenters. The molecule has 0 aliphatic heterocycles. The van der Waals surface area contributed by atoms with Crippen LogP contribution in [-0.4, -0.2) is 35.1 Å². The van der Waals surface area contributed by atoms with Gasteiger partial charge in [-0.2, -0.15) is 0 Å². The Hall–Kier alpha value is -3.55. The van der Waals surface area contributed by atoms with E-state index in [1.54, 1.807) is 90.1 Å². The standard InChI is InChI=1S/C31H42O8/c1-11-20-31(25(32)37-28(2,3)4,21-12-16-23(17-13-21)35-26(33)38-29(5,6)7)22-14-18-24(19-15-22)36-27(34)39-30(8,9)10/h12-19H,11,20H2,1-10H3. The van der Waals surface area contributed by atoms with Gasteiger partial charge in [0, 0.05) is 0 Å². The molecule has 214 valence electrons. The van der Waals surface area contributed by atoms with Crippen LogP contribution in [0.5, 0.6) is 11.5 Å². The van der Waals surface area contributed by atoms with E-state index in [4.69, 9.17) is 23.7 Å². The maximum atomic E-state index is 13.9. The first-order valence-corrected chi connectivity index (χ1v) is 13.1. The number of rotatable bonds is 7. The number of carbonyl (C=O) groups excluding carboxylic acids is 3. The summed E-state index contributed by atoms with van der Waals surface area (Å²) in [5.74, 6) is 0.144. The van der Waals surface area contributed by atoms with Crippen LogP contribution < -0.4 is 9.47 Å². The van der Waals surface area contributed by atoms with Crippen LogP contribution in [0.2, 0.25) is 0 Å². The average Bonchev–Trinajstić information content (AvgIpc) is 2.75. The highest BCUT2D eigenvalue weighted by Gasteiger charge is 2.44. The zero-order valence-corrected chi connectivity index (χ0v) is 24.8. The van der Waals surface area contributed by atoms with E-state index in [-0.39, 0.29) is 11.5 Å². The second kappa shape index (κ2) is 12.1. The van der Waals surface area contributed by atoms with Gasteiger partial charge in [0.05, 0.1) is 0 Å². The van der Waals surface area contributed by atoms with Crippen molar-refractivity contribution in [1.82, 2.24) is 0 Å². The molecule has 0 aromatic heterocycles. The Morgan fingerprint density at radius 3 is 1.18 bits per heavy atom. The highest BCUT2D eigenvalue weighted by Crippen LogP contribution is 2.40. The summed E-state index contributed by atoms with van der Waals surface area (Å²) in [6.45, 7) is 17.9. The van der Waals surface area contributed by atoms with Gasteiger partial charge in [-0.25, -0.2) is 9.59 Å². The van der Waals surface area contributed by atoms with E-state index in [0.29, 0.717) is 24.0 Å². The van der Waals surface area contributed by atoms with Crippen molar-refractivity contribution in [3.8, 4) is 11.5 Å². The molecule has 0 aliphatic rings. The summed E-state index contributed by atoms with van der Waals surface area (Å²) in [4.78, 5) is 38.1. The summed E-state index contributed by atoms with van der Waals surface area (Å²) < 4.78 is 27.0. The molecular formula is C31H42O8. The summed E-state index contributed by atoms with van der Waals surface area (Å²) in [5, 5.41) is 0. The van der Waals surface area contributed by atoms with E-state index in [1.165, 1.54) is 0 Å². The van der Waals surface area contributed by atoms with Crippen LogP contribution in [0.25, 0.3) is 0 Å². The lowest BCUT2D eigenvalue weighted by atomic mass is 9.71. The lowest BCUT2D eigenvalue weighted by molar-refractivity contribution is -0.160. The Kier molecular flexibility index (Phi) is 9.82. The lowest BCUT2D eigenvalue weighted by Crippen LogP contribution is -2.42. The topological polar surface area (TPSA) is 97.4 Å². The number of esters is 1. The number of carbonyl (C=O) groups is 3. The summed E-state index contributed by atoms with van der Waals surface area (Å²) in [5.41, 5.74) is -1.95. The van der Waals surface area contributed by atoms with Crippen molar-refractivity contribution in [2.75, 3.05) is 0 Å². The molecular weight excluding hydrogens is 500 g/mol. The molecule has 39 heavy (non-hydrogen) atoms. The molecule has 0 amide bonds. The van der Waals surface area contributed by atoms with Gasteiger partial charge in [0.25, 0.3) is 0 Å². The molecule has 0 bridgehead atoms. The van der Waals surface area contributed by atoms with E-state index in [2.05, 4.69) is 0 Å². The van der Waals surface area contributed by atoms with Crippen molar-refractivity contribution in [3.63, 3.8) is 0 Å². The highest BCUT2D eigenvalue weighted by molar-refractivity contribution is 5.88. The summed E-state index contributed by atoms with van der Waals surface area (Å²) in [6.07, 6.45) is -0.517. The minimum absolute atomic E-state index is 0.281. The average molecular weight is 543 g/mol. The van der Waals surface area contributed by atoms with Gasteiger partial charge in [0.1, 0.15) is 33.7 Å². The number of benzene rings is 2. The molecule has 0 aliphatic carbocycles. The fourth-order valence-corrected chi connectivity index (χ4v) is 3.88. The number of hydrogen-bond acceptors (Lipinski definition) is 8. The maximum absolute atomic E-state index is 13.9. The first-order valence-electron chi connectivity index (χ1n) is 13.1. The monoisotopic (exact) mass is 542 g/mol. The van der Waals surface area contributed by atoms with Crippen molar-refractivity contribution < 1.29 is 38.1 Å². The molecule has 0 fully saturated rings. The van der Waals surface area contributed by atoms with E-state index >= 15 is 0 Å². The van der Waals surface area contributed by atoms with Crippen molar-refractivity contribution in [1.29, 1.82) is 0 Å². The van der Waals surface area contributed by atoms with Gasteiger partial charge in [-0.05, 0) is 104 Å². The van der Waals surface area contributed by atoms with Crippen molar-refractivity contribution in [3.05, 3.63) is 59.7 Å². The molecule has 2 aromatic rings. The first-order chi connectivity index (χ1) is 17.8. The molecule has 0 heterocycles. The van der Waals surface area contributed by atoms with Crippen LogP contribution >= 0.6 is 0 Å². The van der Waals surface area contributed by atoms with Crippen LogP contribution in [0.4, 0.5) is 9.59 Å². The van der Waals surface area contributed by atoms with Gasteiger partial charge >= 0.3 is 18.3 Å². The molecule has 0 saturated heterocycles. The third kappa shape index (κ3) is 9.61. The Morgan fingerprint density at radius 1 is 0.564 bits per heavy atom. The molecule has 8 heteroatoms. The highest BCUT2D eigenvalue weighted by atomic mass is 16.7. The normalized spacial score (nSPS) is 12.4. The maximum Gasteiger partial charge on any atom is 0.514 e. The number of ether oxygens (including phenoxy) is 5. The quantitative estimate of drug-likeness (QED) is 0.199. The van der Waals surface area contributed by atoms with Crippen molar-refractivity contribution in [2.45, 2.75) is 104 Å². The summed E-state index contributed by atoms with van der Waals surface area (Å²) in [7, 11) is 0. The van der Waals surface area contributed by atoms with Gasteiger partial charge in [-0.3, -0.25) is 4.79 Å². The van der Waals surface area contributed by atoms with Gasteiger partial charge < -0.3 is 23.7 Å². The van der Waals surface area contributed by atoms with Gasteiger partial charge in [0.15, 0.2) is 0 Å². The van der Waals surface area contributed by atoms with Gasteiger partial charge in [-0.15, -0.1) is 0 Å². The smallest absolute Gasteiger partial charge is 0.459 e. The molecule has 8 nitrogen and oxygen atoms in total. The van der Waals surface area contributed by atoms with E-state index in [9.17, 15) is 14.4 Å². The fourth-order valence-electron chi connectivity index (χ4n) is 3.88. The van der Waals surface area contributed by atoms with Crippen LogP contribution in [0.1, 0.15) is 93.2 Å². The zero-order valence-electron chi connectivity index (χ0n) is 24.8. The summed E-state index contributed by atoms with van der Waals surface area (Å²) >= 11 is 0. The molecule has 0 unspecified atom stereocenters. The molecule has 0 saturated carbocycles. The zero-order chi connectivity index (χ0) is 29.6. The van der Waals surface area contributed by atoms with E-state index in [0.717, 1.165) is 0 Å². The largest absolute Gasteiger partial charge is 0.514 e. The fraction of sp³-hybridized carbons (Fsp3) is 0.516. The first kappa shape index (κ1) is 31.7. The third-order valence-electron chi connectivity index (χ3n) is 5.25. The summed E-state index contributed by atoms with van der Waals surface area (Å²) in [6, 6.07) is 13.4. The molecule has 0 N–H and O–H groups in total.